The fourth-order valence-corrected chi connectivity index (χ4v) is 4.78. The van der Waals surface area contributed by atoms with Crippen LogP contribution in [0.2, 0.25) is 0 Å². The molecule has 0 saturated heterocycles. The first kappa shape index (κ1) is 13.5. The van der Waals surface area contributed by atoms with E-state index in [1.165, 1.54) is 11.3 Å². The van der Waals surface area contributed by atoms with Crippen LogP contribution in [0.3, 0.4) is 0 Å². The summed E-state index contributed by atoms with van der Waals surface area (Å²) in [5.41, 5.74) is 0.975. The summed E-state index contributed by atoms with van der Waals surface area (Å²) in [7, 11) is -3.04. The Kier molecular flexibility index (Phi) is 4.03. The van der Waals surface area contributed by atoms with Gasteiger partial charge >= 0.3 is 0 Å². The molecule has 0 amide bonds. The Morgan fingerprint density at radius 1 is 1.50 bits per heavy atom. The minimum Gasteiger partial charge on any atom is -0.245 e. The Hall–Kier alpha value is -0.930. The van der Waals surface area contributed by atoms with Gasteiger partial charge in [0, 0.05) is 10.8 Å². The van der Waals surface area contributed by atoms with Gasteiger partial charge < -0.3 is 0 Å². The molecule has 1 aromatic heterocycles. The molecule has 0 aromatic carbocycles. The van der Waals surface area contributed by atoms with E-state index in [9.17, 15) is 8.42 Å². The monoisotopic (exact) mass is 284 g/mol. The zero-order valence-corrected chi connectivity index (χ0v) is 12.0. The van der Waals surface area contributed by atoms with Gasteiger partial charge in [-0.1, -0.05) is 6.92 Å². The van der Waals surface area contributed by atoms with E-state index in [1.807, 2.05) is 6.92 Å². The summed E-state index contributed by atoms with van der Waals surface area (Å²) in [5.74, 6) is 0.697. The summed E-state index contributed by atoms with van der Waals surface area (Å²) in [6.07, 6.45) is 3.21. The van der Waals surface area contributed by atoms with Crippen LogP contribution in [0.4, 0.5) is 0 Å². The molecule has 0 bridgehead atoms. The van der Waals surface area contributed by atoms with E-state index < -0.39 is 9.84 Å². The SMILES string of the molecule is CCCS(=O)(=O)Cc1nc(C2CC2)c(CC#N)s1. The van der Waals surface area contributed by atoms with Crippen molar-refractivity contribution in [1.82, 2.24) is 4.98 Å². The van der Waals surface area contributed by atoms with Crippen LogP contribution in [0, 0.1) is 11.3 Å². The van der Waals surface area contributed by atoms with Crippen molar-refractivity contribution >= 4 is 21.2 Å². The van der Waals surface area contributed by atoms with E-state index >= 15 is 0 Å². The first-order valence-corrected chi connectivity index (χ1v) is 8.75. The second kappa shape index (κ2) is 5.37. The largest absolute Gasteiger partial charge is 0.245 e. The molecule has 0 unspecified atom stereocenters. The normalized spacial score (nSPS) is 15.6. The molecule has 1 fully saturated rings. The predicted octanol–water partition coefficient (Wildman–Crippen LogP) is 2.41. The molecule has 98 valence electrons. The van der Waals surface area contributed by atoms with Crippen LogP contribution in [0.5, 0.6) is 0 Å². The van der Waals surface area contributed by atoms with Gasteiger partial charge in [-0.25, -0.2) is 13.4 Å². The first-order valence-electron chi connectivity index (χ1n) is 6.11. The lowest BCUT2D eigenvalue weighted by molar-refractivity contribution is 0.593. The van der Waals surface area contributed by atoms with Crippen molar-refractivity contribution in [2.75, 3.05) is 5.75 Å². The molecule has 1 aliphatic carbocycles. The molecule has 1 heterocycles. The smallest absolute Gasteiger partial charge is 0.156 e. The van der Waals surface area contributed by atoms with Crippen molar-refractivity contribution in [1.29, 1.82) is 5.26 Å². The molecule has 18 heavy (non-hydrogen) atoms. The topological polar surface area (TPSA) is 70.8 Å². The highest BCUT2D eigenvalue weighted by Gasteiger charge is 2.30. The molecule has 0 atom stereocenters. The minimum absolute atomic E-state index is 0.0245. The van der Waals surface area contributed by atoms with Gasteiger partial charge in [0.1, 0.15) is 10.8 Å². The number of rotatable bonds is 6. The third-order valence-electron chi connectivity index (χ3n) is 2.83. The second-order valence-corrected chi connectivity index (χ2v) is 7.97. The zero-order chi connectivity index (χ0) is 13.2. The van der Waals surface area contributed by atoms with Crippen molar-refractivity contribution in [3.63, 3.8) is 0 Å². The van der Waals surface area contributed by atoms with E-state index in [0.717, 1.165) is 23.4 Å². The molecule has 6 heteroatoms. The molecule has 1 aliphatic rings. The second-order valence-electron chi connectivity index (χ2n) is 4.62. The van der Waals surface area contributed by atoms with Gasteiger partial charge in [-0.05, 0) is 19.3 Å². The van der Waals surface area contributed by atoms with Crippen molar-refractivity contribution in [3.8, 4) is 6.07 Å². The van der Waals surface area contributed by atoms with E-state index in [0.29, 0.717) is 23.8 Å². The van der Waals surface area contributed by atoms with Crippen LogP contribution in [0.25, 0.3) is 0 Å². The number of aromatic nitrogens is 1. The summed E-state index contributed by atoms with van der Waals surface area (Å²) in [6.45, 7) is 1.86. The number of thiazole rings is 1. The van der Waals surface area contributed by atoms with E-state index in [2.05, 4.69) is 11.1 Å². The van der Waals surface area contributed by atoms with Crippen LogP contribution >= 0.6 is 11.3 Å². The quantitative estimate of drug-likeness (QED) is 0.804. The van der Waals surface area contributed by atoms with E-state index in [1.54, 1.807) is 0 Å². The molecule has 4 nitrogen and oxygen atoms in total. The highest BCUT2D eigenvalue weighted by Crippen LogP contribution is 2.43. The Labute approximate surface area is 112 Å². The van der Waals surface area contributed by atoms with Gasteiger partial charge in [0.25, 0.3) is 0 Å². The Bertz CT molecular complexity index is 565. The lowest BCUT2D eigenvalue weighted by Crippen LogP contribution is -2.08. The van der Waals surface area contributed by atoms with Gasteiger partial charge in [-0.3, -0.25) is 0 Å². The number of hydrogen-bond donors (Lipinski definition) is 0. The molecule has 0 aliphatic heterocycles. The standard InChI is InChI=1S/C12H16N2O2S2/c1-2-7-18(15,16)8-11-14-12(9-3-4-9)10(17-11)5-6-13/h9H,2-5,7-8H2,1H3. The van der Waals surface area contributed by atoms with Crippen LogP contribution < -0.4 is 0 Å². The third kappa shape index (κ3) is 3.30. The third-order valence-corrected chi connectivity index (χ3v) is 5.83. The van der Waals surface area contributed by atoms with Crippen LogP contribution in [0.1, 0.15) is 47.7 Å². The van der Waals surface area contributed by atoms with Gasteiger partial charge in [0.05, 0.1) is 23.9 Å². The van der Waals surface area contributed by atoms with Crippen molar-refractivity contribution in [2.24, 2.45) is 0 Å². The average molecular weight is 284 g/mol. The number of hydrogen-bond acceptors (Lipinski definition) is 5. The Morgan fingerprint density at radius 2 is 2.22 bits per heavy atom. The van der Waals surface area contributed by atoms with Gasteiger partial charge in [0.2, 0.25) is 0 Å². The summed E-state index contributed by atoms with van der Waals surface area (Å²) < 4.78 is 23.5. The maximum atomic E-state index is 11.8. The zero-order valence-electron chi connectivity index (χ0n) is 10.3. The maximum absolute atomic E-state index is 11.8. The lowest BCUT2D eigenvalue weighted by atomic mass is 10.2. The molecule has 0 N–H and O–H groups in total. The minimum atomic E-state index is -3.04. The van der Waals surface area contributed by atoms with Crippen molar-refractivity contribution in [3.05, 3.63) is 15.6 Å². The van der Waals surface area contributed by atoms with Crippen LogP contribution in [0.15, 0.2) is 0 Å². The predicted molar refractivity (Wildman–Crippen MR) is 71.2 cm³/mol. The molecule has 2 rings (SSSR count). The highest BCUT2D eigenvalue weighted by molar-refractivity contribution is 7.90. The molecule has 1 saturated carbocycles. The number of nitrogens with zero attached hydrogens (tertiary/aromatic N) is 2. The fourth-order valence-electron chi connectivity index (χ4n) is 1.92. The van der Waals surface area contributed by atoms with Gasteiger partial charge in [-0.15, -0.1) is 11.3 Å². The summed E-state index contributed by atoms with van der Waals surface area (Å²) in [6, 6.07) is 2.13. The molecular formula is C12H16N2O2S2. The van der Waals surface area contributed by atoms with Crippen molar-refractivity contribution < 1.29 is 8.42 Å². The van der Waals surface area contributed by atoms with E-state index in [4.69, 9.17) is 5.26 Å². The van der Waals surface area contributed by atoms with Gasteiger partial charge in [-0.2, -0.15) is 5.26 Å². The highest BCUT2D eigenvalue weighted by atomic mass is 32.2. The van der Waals surface area contributed by atoms with E-state index in [-0.39, 0.29) is 11.5 Å². The lowest BCUT2D eigenvalue weighted by Gasteiger charge is -1.98. The van der Waals surface area contributed by atoms with Crippen LogP contribution in [-0.2, 0) is 22.0 Å². The summed E-state index contributed by atoms with van der Waals surface area (Å²) in [4.78, 5) is 5.41. The van der Waals surface area contributed by atoms with Gasteiger partial charge in [0.15, 0.2) is 9.84 Å². The van der Waals surface area contributed by atoms with Crippen LogP contribution in [-0.4, -0.2) is 19.2 Å². The Balaban J connectivity index is 2.19. The maximum Gasteiger partial charge on any atom is 0.156 e. The first-order chi connectivity index (χ1) is 8.55. The molecule has 1 aromatic rings. The summed E-state index contributed by atoms with van der Waals surface area (Å²) >= 11 is 1.39. The summed E-state index contributed by atoms with van der Waals surface area (Å²) in [5, 5.41) is 9.43. The number of sulfone groups is 1. The number of nitriles is 1. The molecule has 0 spiro atoms. The molecular weight excluding hydrogens is 268 g/mol. The average Bonchev–Trinajstić information content (AvgIpc) is 3.03. The Morgan fingerprint density at radius 3 is 2.78 bits per heavy atom. The fraction of sp³-hybridized carbons (Fsp3) is 0.667. The van der Waals surface area contributed by atoms with Crippen molar-refractivity contribution in [2.45, 2.75) is 44.3 Å². The molecule has 0 radical (unpaired) electrons.